The van der Waals surface area contributed by atoms with Crippen molar-refractivity contribution >= 4 is 28.7 Å². The molecule has 0 fully saturated rings. The molecular weight excluding hydrogens is 450 g/mol. The fourth-order valence-corrected chi connectivity index (χ4v) is 4.26. The fraction of sp³-hybridized carbons (Fsp3) is 0.200. The van der Waals surface area contributed by atoms with Crippen molar-refractivity contribution in [3.05, 3.63) is 83.1 Å². The molecule has 4 rings (SSSR count). The number of anilines is 1. The van der Waals surface area contributed by atoms with E-state index in [-0.39, 0.29) is 29.3 Å². The SMILES string of the molecule is COC(=O)C1=C(C(=O)OC)N(c2ccc3c(c2)ncn3CCO)C(N)=C(C#N)C1c1ccccc1. The number of nitrogens with zero attached hydrogens (tertiary/aromatic N) is 4. The molecule has 3 aromatic rings. The van der Waals surface area contributed by atoms with Gasteiger partial charge < -0.3 is 24.9 Å². The van der Waals surface area contributed by atoms with Crippen LogP contribution in [0.15, 0.2) is 77.5 Å². The predicted octanol–water partition coefficient (Wildman–Crippen LogP) is 1.93. The Morgan fingerprint density at radius 1 is 1.14 bits per heavy atom. The van der Waals surface area contributed by atoms with Gasteiger partial charge >= 0.3 is 11.9 Å². The number of carbonyl (C=O) groups excluding carboxylic acids is 2. The molecule has 10 heteroatoms. The van der Waals surface area contributed by atoms with E-state index < -0.39 is 17.9 Å². The van der Waals surface area contributed by atoms with Crippen LogP contribution in [0.25, 0.3) is 11.0 Å². The molecule has 0 aliphatic carbocycles. The molecular formula is C25H23N5O5. The standard InChI is InChI=1S/C25H23N5O5/c1-34-24(32)21-20(15-6-4-3-5-7-15)17(13-26)23(27)30(22(21)25(33)35-2)16-8-9-19-18(12-16)28-14-29(19)10-11-31/h3-9,12,14,20,31H,10-11,27H2,1-2H3. The zero-order chi connectivity index (χ0) is 25.1. The van der Waals surface area contributed by atoms with E-state index >= 15 is 0 Å². The third-order valence-electron chi connectivity index (χ3n) is 5.81. The van der Waals surface area contributed by atoms with Crippen LogP contribution in [0.5, 0.6) is 0 Å². The van der Waals surface area contributed by atoms with E-state index in [1.54, 1.807) is 59.4 Å². The molecule has 35 heavy (non-hydrogen) atoms. The van der Waals surface area contributed by atoms with Gasteiger partial charge in [0.15, 0.2) is 0 Å². The summed E-state index contributed by atoms with van der Waals surface area (Å²) in [6.07, 6.45) is 1.59. The quantitative estimate of drug-likeness (QED) is 0.513. The van der Waals surface area contributed by atoms with Gasteiger partial charge in [-0.1, -0.05) is 30.3 Å². The monoisotopic (exact) mass is 473 g/mol. The molecule has 1 aliphatic rings. The maximum absolute atomic E-state index is 13.1. The van der Waals surface area contributed by atoms with Crippen LogP contribution in [0.4, 0.5) is 5.69 Å². The highest BCUT2D eigenvalue weighted by Crippen LogP contribution is 2.43. The number of aromatic nitrogens is 2. The van der Waals surface area contributed by atoms with Crippen LogP contribution in [0.3, 0.4) is 0 Å². The number of methoxy groups -OCH3 is 2. The molecule has 178 valence electrons. The van der Waals surface area contributed by atoms with Crippen molar-refractivity contribution in [1.82, 2.24) is 9.55 Å². The number of hydrogen-bond donors (Lipinski definition) is 2. The van der Waals surface area contributed by atoms with Crippen LogP contribution in [-0.4, -0.2) is 47.4 Å². The molecule has 10 nitrogen and oxygen atoms in total. The van der Waals surface area contributed by atoms with Crippen molar-refractivity contribution < 1.29 is 24.2 Å². The lowest BCUT2D eigenvalue weighted by molar-refractivity contribution is -0.139. The van der Waals surface area contributed by atoms with E-state index in [4.69, 9.17) is 15.2 Å². The van der Waals surface area contributed by atoms with Gasteiger partial charge in [-0.25, -0.2) is 14.6 Å². The van der Waals surface area contributed by atoms with Crippen molar-refractivity contribution in [2.24, 2.45) is 5.73 Å². The Bertz CT molecular complexity index is 1400. The first-order valence-electron chi connectivity index (χ1n) is 10.7. The summed E-state index contributed by atoms with van der Waals surface area (Å²) in [6, 6.07) is 16.0. The van der Waals surface area contributed by atoms with Gasteiger partial charge in [-0.2, -0.15) is 5.26 Å². The highest BCUT2D eigenvalue weighted by Gasteiger charge is 2.43. The molecule has 1 atom stereocenters. The summed E-state index contributed by atoms with van der Waals surface area (Å²) in [5.41, 5.74) is 8.67. The van der Waals surface area contributed by atoms with Crippen molar-refractivity contribution in [1.29, 1.82) is 5.26 Å². The number of nitrogens with two attached hydrogens (primary N) is 1. The maximum Gasteiger partial charge on any atom is 0.355 e. The fourth-order valence-electron chi connectivity index (χ4n) is 4.26. The number of carbonyl (C=O) groups is 2. The number of rotatable bonds is 6. The molecule has 0 radical (unpaired) electrons. The average molecular weight is 473 g/mol. The van der Waals surface area contributed by atoms with Crippen LogP contribution in [-0.2, 0) is 25.6 Å². The van der Waals surface area contributed by atoms with Gasteiger partial charge in [-0.3, -0.25) is 4.90 Å². The van der Waals surface area contributed by atoms with Crippen LogP contribution in [0, 0.1) is 11.3 Å². The molecule has 3 N–H and O–H groups in total. The third-order valence-corrected chi connectivity index (χ3v) is 5.81. The Morgan fingerprint density at radius 3 is 2.49 bits per heavy atom. The minimum atomic E-state index is -0.938. The lowest BCUT2D eigenvalue weighted by Crippen LogP contribution is -2.40. The largest absolute Gasteiger partial charge is 0.466 e. The lowest BCUT2D eigenvalue weighted by atomic mass is 9.81. The number of aliphatic hydroxyl groups is 1. The minimum absolute atomic E-state index is 0.0245. The Hall–Kier alpha value is -4.62. The van der Waals surface area contributed by atoms with Crippen molar-refractivity contribution in [2.45, 2.75) is 12.5 Å². The summed E-state index contributed by atoms with van der Waals surface area (Å²) in [5.74, 6) is -2.58. The van der Waals surface area contributed by atoms with Crippen LogP contribution in [0.1, 0.15) is 11.5 Å². The number of ether oxygens (including phenoxy) is 2. The average Bonchev–Trinajstić information content (AvgIpc) is 3.29. The van der Waals surface area contributed by atoms with E-state index in [2.05, 4.69) is 11.1 Å². The van der Waals surface area contributed by atoms with Crippen LogP contribution < -0.4 is 10.6 Å². The first-order chi connectivity index (χ1) is 17.0. The van der Waals surface area contributed by atoms with Gasteiger partial charge in [0, 0.05) is 6.54 Å². The number of allylic oxidation sites excluding steroid dienone is 1. The molecule has 0 amide bonds. The molecule has 1 aromatic heterocycles. The van der Waals surface area contributed by atoms with E-state index in [1.165, 1.54) is 19.1 Å². The zero-order valence-electron chi connectivity index (χ0n) is 19.1. The summed E-state index contributed by atoms with van der Waals surface area (Å²) in [4.78, 5) is 31.9. The second kappa shape index (κ2) is 9.70. The first kappa shape index (κ1) is 23.5. The Morgan fingerprint density at radius 2 is 1.86 bits per heavy atom. The zero-order valence-corrected chi connectivity index (χ0v) is 19.1. The van der Waals surface area contributed by atoms with Crippen LogP contribution >= 0.6 is 0 Å². The number of nitriles is 1. The van der Waals surface area contributed by atoms with Gasteiger partial charge in [0.05, 0.1) is 67.0 Å². The van der Waals surface area contributed by atoms with Crippen molar-refractivity contribution in [3.8, 4) is 6.07 Å². The summed E-state index contributed by atoms with van der Waals surface area (Å²) >= 11 is 0. The molecule has 2 aromatic carbocycles. The predicted molar refractivity (Wildman–Crippen MR) is 126 cm³/mol. The second-order valence-corrected chi connectivity index (χ2v) is 7.67. The molecule has 0 spiro atoms. The smallest absolute Gasteiger partial charge is 0.355 e. The van der Waals surface area contributed by atoms with Gasteiger partial charge in [0.1, 0.15) is 11.5 Å². The topological polar surface area (TPSA) is 144 Å². The highest BCUT2D eigenvalue weighted by molar-refractivity contribution is 6.06. The summed E-state index contributed by atoms with van der Waals surface area (Å²) in [6.45, 7) is 0.303. The number of aliphatic hydroxyl groups excluding tert-OH is 1. The third kappa shape index (κ3) is 3.98. The Kier molecular flexibility index (Phi) is 6.53. The number of hydrogen-bond acceptors (Lipinski definition) is 9. The minimum Gasteiger partial charge on any atom is -0.466 e. The Balaban J connectivity index is 2.01. The molecule has 1 aliphatic heterocycles. The maximum atomic E-state index is 13.1. The molecule has 0 saturated carbocycles. The van der Waals surface area contributed by atoms with Crippen molar-refractivity contribution in [3.63, 3.8) is 0 Å². The van der Waals surface area contributed by atoms with E-state index in [0.29, 0.717) is 23.3 Å². The highest BCUT2D eigenvalue weighted by atomic mass is 16.5. The second-order valence-electron chi connectivity index (χ2n) is 7.67. The van der Waals surface area contributed by atoms with Gasteiger partial charge in [0.2, 0.25) is 0 Å². The lowest BCUT2D eigenvalue weighted by Gasteiger charge is -2.35. The molecule has 0 bridgehead atoms. The number of imidazole rings is 1. The van der Waals surface area contributed by atoms with E-state index in [0.717, 1.165) is 5.52 Å². The van der Waals surface area contributed by atoms with E-state index in [9.17, 15) is 20.0 Å². The summed E-state index contributed by atoms with van der Waals surface area (Å²) < 4.78 is 11.8. The number of esters is 2. The van der Waals surface area contributed by atoms with Gasteiger partial charge in [-0.15, -0.1) is 0 Å². The molecule has 2 heterocycles. The van der Waals surface area contributed by atoms with E-state index in [1.807, 2.05) is 0 Å². The van der Waals surface area contributed by atoms with Gasteiger partial charge in [-0.05, 0) is 23.8 Å². The number of benzene rings is 2. The molecule has 1 unspecified atom stereocenters. The number of fused-ring (bicyclic) bond motifs is 1. The van der Waals surface area contributed by atoms with Crippen LogP contribution in [0.2, 0.25) is 0 Å². The Labute approximate surface area is 201 Å². The van der Waals surface area contributed by atoms with Crippen molar-refractivity contribution in [2.75, 3.05) is 25.7 Å². The molecule has 0 saturated heterocycles. The first-order valence-corrected chi connectivity index (χ1v) is 10.7. The normalized spacial score (nSPS) is 15.8. The summed E-state index contributed by atoms with van der Waals surface area (Å²) in [5, 5.41) is 19.4. The van der Waals surface area contributed by atoms with Gasteiger partial charge in [0.25, 0.3) is 0 Å². The summed E-state index contributed by atoms with van der Waals surface area (Å²) in [7, 11) is 2.39.